The first-order valence-electron chi connectivity index (χ1n) is 9.07. The van der Waals surface area contributed by atoms with Gasteiger partial charge in [-0.25, -0.2) is 0 Å². The summed E-state index contributed by atoms with van der Waals surface area (Å²) < 4.78 is 5.72. The standard InChI is InChI=1S/C21H24N2O3S/c1-4-26-18-8-6-5-7-17(18)23-19(24)13-27-21(23)15-9-11-16(12-10-15)22-20(25)14(2)3/h5-12,14,21H,4,13H2,1-3H3,(H,22,25). The van der Waals surface area contributed by atoms with Gasteiger partial charge in [-0.2, -0.15) is 0 Å². The zero-order valence-corrected chi connectivity index (χ0v) is 16.6. The molecule has 1 unspecified atom stereocenters. The Labute approximate surface area is 164 Å². The van der Waals surface area contributed by atoms with Gasteiger partial charge in [-0.15, -0.1) is 11.8 Å². The fourth-order valence-electron chi connectivity index (χ4n) is 2.88. The highest BCUT2D eigenvalue weighted by Crippen LogP contribution is 2.44. The van der Waals surface area contributed by atoms with E-state index in [-0.39, 0.29) is 23.1 Å². The summed E-state index contributed by atoms with van der Waals surface area (Å²) >= 11 is 1.59. The van der Waals surface area contributed by atoms with E-state index in [1.165, 1.54) is 0 Å². The number of para-hydroxylation sites is 2. The van der Waals surface area contributed by atoms with Crippen LogP contribution >= 0.6 is 11.8 Å². The van der Waals surface area contributed by atoms with Crippen molar-refractivity contribution in [2.75, 3.05) is 22.6 Å². The van der Waals surface area contributed by atoms with E-state index in [9.17, 15) is 9.59 Å². The number of hydrogen-bond acceptors (Lipinski definition) is 4. The second kappa shape index (κ2) is 8.48. The van der Waals surface area contributed by atoms with Crippen LogP contribution in [0.1, 0.15) is 31.7 Å². The first-order chi connectivity index (χ1) is 13.0. The molecule has 0 aliphatic carbocycles. The number of carbonyl (C=O) groups is 2. The summed E-state index contributed by atoms with van der Waals surface area (Å²) in [6.45, 7) is 6.19. The van der Waals surface area contributed by atoms with E-state index in [0.717, 1.165) is 16.9 Å². The molecule has 0 saturated carbocycles. The number of carbonyl (C=O) groups excluding carboxylic acids is 2. The van der Waals surface area contributed by atoms with Crippen molar-refractivity contribution >= 4 is 35.0 Å². The van der Waals surface area contributed by atoms with Crippen molar-refractivity contribution in [3.8, 4) is 5.75 Å². The van der Waals surface area contributed by atoms with Gasteiger partial charge in [-0.05, 0) is 36.8 Å². The van der Waals surface area contributed by atoms with Gasteiger partial charge in [-0.1, -0.05) is 38.1 Å². The number of ether oxygens (including phenoxy) is 1. The van der Waals surface area contributed by atoms with Crippen molar-refractivity contribution in [1.82, 2.24) is 0 Å². The highest BCUT2D eigenvalue weighted by molar-refractivity contribution is 8.00. The maximum absolute atomic E-state index is 12.6. The second-order valence-corrected chi connectivity index (χ2v) is 7.66. The first kappa shape index (κ1) is 19.3. The Bertz CT molecular complexity index is 820. The van der Waals surface area contributed by atoms with E-state index in [0.29, 0.717) is 18.1 Å². The van der Waals surface area contributed by atoms with Gasteiger partial charge in [0.2, 0.25) is 11.8 Å². The lowest BCUT2D eigenvalue weighted by molar-refractivity contribution is -0.119. The molecule has 1 fully saturated rings. The van der Waals surface area contributed by atoms with Crippen molar-refractivity contribution in [3.05, 3.63) is 54.1 Å². The molecule has 2 amide bonds. The summed E-state index contributed by atoms with van der Waals surface area (Å²) in [6.07, 6.45) is 0. The van der Waals surface area contributed by atoms with Crippen LogP contribution in [-0.4, -0.2) is 24.2 Å². The van der Waals surface area contributed by atoms with E-state index in [1.54, 1.807) is 16.7 Å². The Hall–Kier alpha value is -2.47. The zero-order valence-electron chi connectivity index (χ0n) is 15.8. The molecule has 27 heavy (non-hydrogen) atoms. The molecule has 142 valence electrons. The molecule has 5 nitrogen and oxygen atoms in total. The zero-order chi connectivity index (χ0) is 19.4. The molecule has 1 aliphatic heterocycles. The van der Waals surface area contributed by atoms with Crippen LogP contribution < -0.4 is 15.0 Å². The molecule has 3 rings (SSSR count). The SMILES string of the molecule is CCOc1ccccc1N1C(=O)CSC1c1ccc(NC(=O)C(C)C)cc1. The molecule has 6 heteroatoms. The minimum Gasteiger partial charge on any atom is -0.492 e. The van der Waals surface area contributed by atoms with Gasteiger partial charge >= 0.3 is 0 Å². The fraction of sp³-hybridized carbons (Fsp3) is 0.333. The molecule has 1 atom stereocenters. The number of benzene rings is 2. The van der Waals surface area contributed by atoms with Crippen molar-refractivity contribution in [2.45, 2.75) is 26.1 Å². The number of thioether (sulfide) groups is 1. The number of nitrogens with one attached hydrogen (secondary N) is 1. The quantitative estimate of drug-likeness (QED) is 0.799. The van der Waals surface area contributed by atoms with Crippen LogP contribution in [0.4, 0.5) is 11.4 Å². The Morgan fingerprint density at radius 1 is 1.22 bits per heavy atom. The first-order valence-corrected chi connectivity index (χ1v) is 10.1. The number of hydrogen-bond donors (Lipinski definition) is 1. The van der Waals surface area contributed by atoms with Gasteiger partial charge in [0.15, 0.2) is 0 Å². The van der Waals surface area contributed by atoms with Crippen LogP contribution in [0.25, 0.3) is 0 Å². The van der Waals surface area contributed by atoms with Crippen LogP contribution in [0.2, 0.25) is 0 Å². The molecular formula is C21H24N2O3S. The van der Waals surface area contributed by atoms with Crippen LogP contribution in [0.5, 0.6) is 5.75 Å². The second-order valence-electron chi connectivity index (χ2n) is 6.59. The lowest BCUT2D eigenvalue weighted by Crippen LogP contribution is -2.28. The van der Waals surface area contributed by atoms with Gasteiger partial charge in [0, 0.05) is 11.6 Å². The topological polar surface area (TPSA) is 58.6 Å². The number of nitrogens with zero attached hydrogens (tertiary/aromatic N) is 1. The summed E-state index contributed by atoms with van der Waals surface area (Å²) in [5.41, 5.74) is 2.56. The fourth-order valence-corrected chi connectivity index (χ4v) is 4.05. The predicted molar refractivity (Wildman–Crippen MR) is 110 cm³/mol. The van der Waals surface area contributed by atoms with E-state index >= 15 is 0 Å². The third-order valence-corrected chi connectivity index (χ3v) is 5.49. The van der Waals surface area contributed by atoms with E-state index < -0.39 is 0 Å². The van der Waals surface area contributed by atoms with Gasteiger partial charge in [-0.3, -0.25) is 14.5 Å². The normalized spacial score (nSPS) is 16.7. The Balaban J connectivity index is 1.85. The lowest BCUT2D eigenvalue weighted by Gasteiger charge is -2.26. The van der Waals surface area contributed by atoms with Crippen LogP contribution in [0.3, 0.4) is 0 Å². The predicted octanol–water partition coefficient (Wildman–Crippen LogP) is 4.46. The van der Waals surface area contributed by atoms with Crippen molar-refractivity contribution < 1.29 is 14.3 Å². The molecule has 1 aliphatic rings. The summed E-state index contributed by atoms with van der Waals surface area (Å²) in [4.78, 5) is 26.2. The average molecular weight is 385 g/mol. The van der Waals surface area contributed by atoms with Crippen molar-refractivity contribution in [3.63, 3.8) is 0 Å². The molecular weight excluding hydrogens is 360 g/mol. The van der Waals surface area contributed by atoms with Crippen molar-refractivity contribution in [2.24, 2.45) is 5.92 Å². The molecule has 0 bridgehead atoms. The van der Waals surface area contributed by atoms with Crippen molar-refractivity contribution in [1.29, 1.82) is 0 Å². The third kappa shape index (κ3) is 4.27. The van der Waals surface area contributed by atoms with Crippen LogP contribution in [-0.2, 0) is 9.59 Å². The van der Waals surface area contributed by atoms with Gasteiger partial charge in [0.05, 0.1) is 18.0 Å². The molecule has 2 aromatic rings. The largest absolute Gasteiger partial charge is 0.492 e. The number of amides is 2. The van der Waals surface area contributed by atoms with E-state index in [4.69, 9.17) is 4.74 Å². The minimum atomic E-state index is -0.117. The smallest absolute Gasteiger partial charge is 0.238 e. The molecule has 0 aromatic heterocycles. The maximum atomic E-state index is 12.6. The van der Waals surface area contributed by atoms with Gasteiger partial charge in [0.25, 0.3) is 0 Å². The molecule has 0 spiro atoms. The summed E-state index contributed by atoms with van der Waals surface area (Å²) in [7, 11) is 0. The molecule has 0 radical (unpaired) electrons. The van der Waals surface area contributed by atoms with Gasteiger partial charge in [0.1, 0.15) is 11.1 Å². The summed E-state index contributed by atoms with van der Waals surface area (Å²) in [5.74, 6) is 1.12. The van der Waals surface area contributed by atoms with E-state index in [1.807, 2.05) is 69.3 Å². The van der Waals surface area contributed by atoms with Crippen LogP contribution in [0, 0.1) is 5.92 Å². The maximum Gasteiger partial charge on any atom is 0.238 e. The molecule has 1 N–H and O–H groups in total. The Kier molecular flexibility index (Phi) is 6.06. The number of rotatable bonds is 6. The Morgan fingerprint density at radius 3 is 2.59 bits per heavy atom. The highest BCUT2D eigenvalue weighted by atomic mass is 32.2. The summed E-state index contributed by atoms with van der Waals surface area (Å²) in [6, 6.07) is 15.3. The third-order valence-electron chi connectivity index (χ3n) is 4.28. The minimum absolute atomic E-state index is 0.0135. The number of anilines is 2. The Morgan fingerprint density at radius 2 is 1.93 bits per heavy atom. The van der Waals surface area contributed by atoms with E-state index in [2.05, 4.69) is 5.32 Å². The highest BCUT2D eigenvalue weighted by Gasteiger charge is 2.35. The monoisotopic (exact) mass is 384 g/mol. The van der Waals surface area contributed by atoms with Gasteiger partial charge < -0.3 is 10.1 Å². The van der Waals surface area contributed by atoms with Crippen LogP contribution in [0.15, 0.2) is 48.5 Å². The molecule has 1 saturated heterocycles. The average Bonchev–Trinajstić information content (AvgIpc) is 3.04. The molecule has 2 aromatic carbocycles. The molecule has 1 heterocycles. The summed E-state index contributed by atoms with van der Waals surface area (Å²) in [5, 5.41) is 2.77. The lowest BCUT2D eigenvalue weighted by atomic mass is 10.1.